The molecule has 26 heavy (non-hydrogen) atoms. The lowest BCUT2D eigenvalue weighted by Gasteiger charge is -2.27. The molecular weight excluding hydrogens is 337 g/mol. The number of halogens is 1. The summed E-state index contributed by atoms with van der Waals surface area (Å²) in [4.78, 5) is 21.8. The largest absolute Gasteiger partial charge is 0.494 e. The van der Waals surface area contributed by atoms with Crippen LogP contribution in [0.15, 0.2) is 24.4 Å². The maximum atomic E-state index is 13.9. The Hall–Kier alpha value is -2.57. The van der Waals surface area contributed by atoms with Crippen LogP contribution in [0.4, 0.5) is 9.18 Å². The molecule has 140 valence electrons. The molecule has 0 bridgehead atoms. The zero-order valence-electron chi connectivity index (χ0n) is 15.5. The van der Waals surface area contributed by atoms with Crippen molar-refractivity contribution in [3.8, 4) is 17.0 Å². The highest BCUT2D eigenvalue weighted by atomic mass is 19.1. The smallest absolute Gasteiger partial charge is 0.410 e. The van der Waals surface area contributed by atoms with E-state index in [-0.39, 0.29) is 17.9 Å². The molecule has 0 radical (unpaired) electrons. The normalized spacial score (nSPS) is 17.4. The Morgan fingerprint density at radius 3 is 2.81 bits per heavy atom. The van der Waals surface area contributed by atoms with Gasteiger partial charge in [-0.05, 0) is 51.8 Å². The van der Waals surface area contributed by atoms with E-state index in [1.54, 1.807) is 23.2 Å². The van der Waals surface area contributed by atoms with E-state index in [1.165, 1.54) is 13.2 Å². The predicted molar refractivity (Wildman–Crippen MR) is 95.4 cm³/mol. The number of carbonyl (C=O) groups is 1. The second-order valence-electron chi connectivity index (χ2n) is 7.36. The molecule has 2 aromatic rings. The number of rotatable bonds is 3. The van der Waals surface area contributed by atoms with Crippen molar-refractivity contribution in [2.75, 3.05) is 13.7 Å². The minimum atomic E-state index is -0.542. The first-order chi connectivity index (χ1) is 12.3. The van der Waals surface area contributed by atoms with Crippen molar-refractivity contribution >= 4 is 6.09 Å². The zero-order chi connectivity index (χ0) is 18.9. The first-order valence-electron chi connectivity index (χ1n) is 8.67. The fourth-order valence-electron chi connectivity index (χ4n) is 3.08. The molecule has 1 aromatic heterocycles. The van der Waals surface area contributed by atoms with Gasteiger partial charge >= 0.3 is 6.09 Å². The topological polar surface area (TPSA) is 67.4 Å². The van der Waals surface area contributed by atoms with Crippen LogP contribution in [-0.2, 0) is 4.74 Å². The first kappa shape index (κ1) is 18.2. The number of hydrogen-bond donors (Lipinski definition) is 1. The van der Waals surface area contributed by atoms with Crippen LogP contribution in [0, 0.1) is 5.82 Å². The standard InChI is InChI=1S/C19H24FN3O3/c1-19(2,3)26-18(24)23-9-5-6-15(23)17-21-11-14(22-17)12-7-8-16(25-4)13(20)10-12/h7-8,10-11,15H,5-6,9H2,1-4H3,(H,21,22). The van der Waals surface area contributed by atoms with Crippen molar-refractivity contribution in [3.63, 3.8) is 0 Å². The lowest BCUT2D eigenvalue weighted by molar-refractivity contribution is 0.0218. The van der Waals surface area contributed by atoms with Gasteiger partial charge < -0.3 is 14.5 Å². The summed E-state index contributed by atoms with van der Waals surface area (Å²) in [5.41, 5.74) is 0.820. The van der Waals surface area contributed by atoms with Crippen molar-refractivity contribution in [3.05, 3.63) is 36.0 Å². The molecule has 0 spiro atoms. The van der Waals surface area contributed by atoms with Gasteiger partial charge in [0.15, 0.2) is 11.6 Å². The maximum absolute atomic E-state index is 13.9. The Morgan fingerprint density at radius 1 is 1.38 bits per heavy atom. The van der Waals surface area contributed by atoms with Crippen LogP contribution in [-0.4, -0.2) is 40.2 Å². The van der Waals surface area contributed by atoms with Gasteiger partial charge in [0.05, 0.1) is 25.0 Å². The second kappa shape index (κ2) is 6.97. The van der Waals surface area contributed by atoms with E-state index in [9.17, 15) is 9.18 Å². The summed E-state index contributed by atoms with van der Waals surface area (Å²) >= 11 is 0. The Kier molecular flexibility index (Phi) is 4.89. The second-order valence-corrected chi connectivity index (χ2v) is 7.36. The number of aromatic amines is 1. The molecular formula is C19H24FN3O3. The third kappa shape index (κ3) is 3.81. The highest BCUT2D eigenvalue weighted by Gasteiger charge is 2.34. The van der Waals surface area contributed by atoms with E-state index in [4.69, 9.17) is 9.47 Å². The summed E-state index contributed by atoms with van der Waals surface area (Å²) in [6.07, 6.45) is 3.01. The van der Waals surface area contributed by atoms with E-state index < -0.39 is 11.4 Å². The molecule has 0 saturated carbocycles. The number of nitrogens with one attached hydrogen (secondary N) is 1. The van der Waals surface area contributed by atoms with Crippen LogP contribution in [0.25, 0.3) is 11.3 Å². The van der Waals surface area contributed by atoms with Gasteiger partial charge in [0.1, 0.15) is 11.4 Å². The minimum Gasteiger partial charge on any atom is -0.494 e. The number of carbonyl (C=O) groups excluding carboxylic acids is 1. The first-order valence-corrected chi connectivity index (χ1v) is 8.67. The Bertz CT molecular complexity index is 798. The molecule has 1 aromatic carbocycles. The van der Waals surface area contributed by atoms with E-state index in [0.717, 1.165) is 12.8 Å². The van der Waals surface area contributed by atoms with Gasteiger partial charge in [0.2, 0.25) is 0 Å². The predicted octanol–water partition coefficient (Wildman–Crippen LogP) is 4.30. The number of likely N-dealkylation sites (tertiary alicyclic amines) is 1. The van der Waals surface area contributed by atoms with Gasteiger partial charge in [0.25, 0.3) is 0 Å². The minimum absolute atomic E-state index is 0.165. The lowest BCUT2D eigenvalue weighted by Crippen LogP contribution is -2.36. The Balaban J connectivity index is 1.80. The van der Waals surface area contributed by atoms with Crippen LogP contribution in [0.2, 0.25) is 0 Å². The van der Waals surface area contributed by atoms with Gasteiger partial charge in [0, 0.05) is 12.1 Å². The quantitative estimate of drug-likeness (QED) is 0.885. The van der Waals surface area contributed by atoms with Crippen LogP contribution in [0.3, 0.4) is 0 Å². The Morgan fingerprint density at radius 2 is 2.15 bits per heavy atom. The molecule has 1 atom stereocenters. The van der Waals surface area contributed by atoms with Crippen LogP contribution >= 0.6 is 0 Å². The number of methoxy groups -OCH3 is 1. The molecule has 1 unspecified atom stereocenters. The molecule has 1 fully saturated rings. The van der Waals surface area contributed by atoms with Gasteiger partial charge in [-0.3, -0.25) is 4.90 Å². The number of ether oxygens (including phenoxy) is 2. The van der Waals surface area contributed by atoms with Crippen LogP contribution in [0.5, 0.6) is 5.75 Å². The third-order valence-corrected chi connectivity index (χ3v) is 4.25. The summed E-state index contributed by atoms with van der Waals surface area (Å²) < 4.78 is 24.4. The van der Waals surface area contributed by atoms with Crippen molar-refractivity contribution in [2.24, 2.45) is 0 Å². The summed E-state index contributed by atoms with van der Waals surface area (Å²) in [5.74, 6) is 0.442. The fourth-order valence-corrected chi connectivity index (χ4v) is 3.08. The molecule has 3 rings (SSSR count). The summed E-state index contributed by atoms with van der Waals surface area (Å²) in [6, 6.07) is 4.57. The fraction of sp³-hybridized carbons (Fsp3) is 0.474. The van der Waals surface area contributed by atoms with E-state index in [2.05, 4.69) is 9.97 Å². The number of amides is 1. The molecule has 1 N–H and O–H groups in total. The number of benzene rings is 1. The number of nitrogens with zero attached hydrogens (tertiary/aromatic N) is 2. The Labute approximate surface area is 152 Å². The van der Waals surface area contributed by atoms with Crippen molar-refractivity contribution in [1.82, 2.24) is 14.9 Å². The molecule has 1 saturated heterocycles. The van der Waals surface area contributed by atoms with Gasteiger partial charge in [-0.15, -0.1) is 0 Å². The molecule has 2 heterocycles. The van der Waals surface area contributed by atoms with E-state index in [0.29, 0.717) is 23.6 Å². The highest BCUT2D eigenvalue weighted by Crippen LogP contribution is 2.33. The van der Waals surface area contributed by atoms with Crippen molar-refractivity contribution < 1.29 is 18.7 Å². The van der Waals surface area contributed by atoms with E-state index in [1.807, 2.05) is 20.8 Å². The maximum Gasteiger partial charge on any atom is 0.410 e. The van der Waals surface area contributed by atoms with Gasteiger partial charge in [-0.1, -0.05) is 0 Å². The summed E-state index contributed by atoms with van der Waals surface area (Å²) in [7, 11) is 1.43. The molecule has 1 aliphatic rings. The lowest BCUT2D eigenvalue weighted by atomic mass is 10.1. The molecule has 0 aliphatic carbocycles. The number of imidazole rings is 1. The molecule has 6 nitrogen and oxygen atoms in total. The van der Waals surface area contributed by atoms with Crippen molar-refractivity contribution in [2.45, 2.75) is 45.3 Å². The summed E-state index contributed by atoms with van der Waals surface area (Å²) in [5, 5.41) is 0. The summed E-state index contributed by atoms with van der Waals surface area (Å²) in [6.45, 7) is 6.17. The molecule has 7 heteroatoms. The number of H-pyrrole nitrogens is 1. The SMILES string of the molecule is COc1ccc(-c2cnc(C3CCCN3C(=O)OC(C)(C)C)[nH]2)cc1F. The van der Waals surface area contributed by atoms with E-state index >= 15 is 0 Å². The third-order valence-electron chi connectivity index (χ3n) is 4.25. The average Bonchev–Trinajstić information content (AvgIpc) is 3.22. The molecule has 1 amide bonds. The number of aromatic nitrogens is 2. The van der Waals surface area contributed by atoms with Crippen LogP contribution < -0.4 is 4.74 Å². The number of hydrogen-bond acceptors (Lipinski definition) is 4. The van der Waals surface area contributed by atoms with Crippen molar-refractivity contribution in [1.29, 1.82) is 0 Å². The highest BCUT2D eigenvalue weighted by molar-refractivity contribution is 5.69. The monoisotopic (exact) mass is 361 g/mol. The van der Waals surface area contributed by atoms with Crippen LogP contribution in [0.1, 0.15) is 45.5 Å². The average molecular weight is 361 g/mol. The zero-order valence-corrected chi connectivity index (χ0v) is 15.5. The van der Waals surface area contributed by atoms with Gasteiger partial charge in [-0.2, -0.15) is 0 Å². The van der Waals surface area contributed by atoms with Gasteiger partial charge in [-0.25, -0.2) is 14.2 Å². The molecule has 1 aliphatic heterocycles.